The molecule has 0 aromatic carbocycles. The van der Waals surface area contributed by atoms with E-state index in [1.165, 1.54) is 77.0 Å². The monoisotopic (exact) mass is 954 g/mol. The molecule has 3 unspecified atom stereocenters. The molecule has 0 aromatic heterocycles. The highest BCUT2D eigenvalue weighted by Gasteiger charge is 2.27. The number of unbranched alkanes of at least 4 members (excludes halogenated alkanes) is 18. The lowest BCUT2D eigenvalue weighted by Gasteiger charge is -2.25. The van der Waals surface area contributed by atoms with Crippen molar-refractivity contribution in [2.24, 2.45) is 0 Å². The van der Waals surface area contributed by atoms with E-state index in [0.717, 1.165) is 103 Å². The van der Waals surface area contributed by atoms with Crippen LogP contribution >= 0.6 is 7.82 Å². The van der Waals surface area contributed by atoms with E-state index in [0.29, 0.717) is 17.4 Å². The Morgan fingerprint density at radius 1 is 0.522 bits per heavy atom. The second-order valence-electron chi connectivity index (χ2n) is 18.9. The fraction of sp³-hybridized carbons (Fsp3) is 0.672. The van der Waals surface area contributed by atoms with Gasteiger partial charge in [0.05, 0.1) is 39.9 Å². The molecule has 0 saturated carbocycles. The number of phosphoric ester groups is 1. The molecule has 3 N–H and O–H groups in total. The van der Waals surface area contributed by atoms with Gasteiger partial charge < -0.3 is 19.8 Å². The maximum absolute atomic E-state index is 12.9. The van der Waals surface area contributed by atoms with Gasteiger partial charge in [-0.25, -0.2) is 4.57 Å². The Morgan fingerprint density at radius 3 is 1.37 bits per heavy atom. The summed E-state index contributed by atoms with van der Waals surface area (Å²) in [5.74, 6) is -0.210. The zero-order chi connectivity index (χ0) is 49.2. The van der Waals surface area contributed by atoms with Crippen molar-refractivity contribution in [2.45, 2.75) is 212 Å². The van der Waals surface area contributed by atoms with E-state index in [4.69, 9.17) is 9.05 Å². The van der Waals surface area contributed by atoms with Gasteiger partial charge in [0.1, 0.15) is 13.2 Å². The van der Waals surface area contributed by atoms with Crippen LogP contribution in [-0.4, -0.2) is 73.4 Å². The lowest BCUT2D eigenvalue weighted by atomic mass is 10.0. The number of hydrogen-bond donors (Lipinski definition) is 3. The first-order chi connectivity index (χ1) is 32.5. The number of amides is 1. The van der Waals surface area contributed by atoms with Crippen molar-refractivity contribution >= 4 is 13.7 Å². The molecule has 0 fully saturated rings. The molecule has 0 aliphatic carbocycles. The number of rotatable bonds is 47. The van der Waals surface area contributed by atoms with Gasteiger partial charge in [-0.1, -0.05) is 213 Å². The lowest BCUT2D eigenvalue weighted by Crippen LogP contribution is -2.45. The predicted molar refractivity (Wildman–Crippen MR) is 290 cm³/mol. The highest BCUT2D eigenvalue weighted by atomic mass is 31.2. The Bertz CT molecular complexity index is 1450. The second-order valence-corrected chi connectivity index (χ2v) is 20.3. The number of allylic oxidation sites excluding steroid dienone is 17. The smallest absolute Gasteiger partial charge is 0.387 e. The van der Waals surface area contributed by atoms with Gasteiger partial charge in [-0.2, -0.15) is 0 Å². The fourth-order valence-corrected chi connectivity index (χ4v) is 7.77. The van der Waals surface area contributed by atoms with E-state index in [-0.39, 0.29) is 19.1 Å². The standard InChI is InChI=1S/C58H101N2O6P/c1-6-8-10-12-14-16-18-20-22-24-26-27-28-29-30-31-32-33-34-36-38-40-42-44-46-48-50-52-58(62)59-56(55-66-67(63,64)65-54-53-60(3,4)5)57(61)51-49-47-45-43-41-39-37-35-25-23-21-19-17-15-13-11-9-7-2/h8,10,14,16,20,22,26-27,29-30,32-33,36,38,41,43,49,51,56-57,61H,6-7,9,11-13,15,17-19,21,23-25,28,31,34-35,37,39-40,42,44-48,50,52-55H2,1-5H3,(H-,59,62,63,64)/p+1/b10-8-,16-14-,22-20-,27-26-,30-29-,33-32-,38-36-,43-41+,51-49+. The second kappa shape index (κ2) is 48.2. The van der Waals surface area contributed by atoms with Crippen LogP contribution in [0.1, 0.15) is 200 Å². The summed E-state index contributed by atoms with van der Waals surface area (Å²) in [6.45, 7) is 4.65. The van der Waals surface area contributed by atoms with Gasteiger partial charge in [0.2, 0.25) is 5.91 Å². The number of aliphatic hydroxyl groups is 1. The Balaban J connectivity index is 4.39. The van der Waals surface area contributed by atoms with Crippen molar-refractivity contribution in [1.29, 1.82) is 0 Å². The predicted octanol–water partition coefficient (Wildman–Crippen LogP) is 16.0. The van der Waals surface area contributed by atoms with Crippen molar-refractivity contribution in [2.75, 3.05) is 40.9 Å². The lowest BCUT2D eigenvalue weighted by molar-refractivity contribution is -0.870. The minimum Gasteiger partial charge on any atom is -0.387 e. The summed E-state index contributed by atoms with van der Waals surface area (Å²) in [5, 5.41) is 13.9. The summed E-state index contributed by atoms with van der Waals surface area (Å²) in [6.07, 6.45) is 70.3. The van der Waals surface area contributed by atoms with Crippen LogP contribution in [0.3, 0.4) is 0 Å². The zero-order valence-corrected chi connectivity index (χ0v) is 44.5. The minimum absolute atomic E-state index is 0.0458. The summed E-state index contributed by atoms with van der Waals surface area (Å²) < 4.78 is 23.6. The molecule has 0 radical (unpaired) electrons. The number of aliphatic hydroxyl groups excluding tert-OH is 1. The third-order valence-electron chi connectivity index (χ3n) is 11.2. The molecule has 0 aliphatic heterocycles. The summed E-state index contributed by atoms with van der Waals surface area (Å²) >= 11 is 0. The summed E-state index contributed by atoms with van der Waals surface area (Å²) in [4.78, 5) is 23.2. The van der Waals surface area contributed by atoms with E-state index in [2.05, 4.69) is 116 Å². The molecule has 0 rings (SSSR count). The summed E-state index contributed by atoms with van der Waals surface area (Å²) in [5.41, 5.74) is 0. The van der Waals surface area contributed by atoms with Gasteiger partial charge >= 0.3 is 7.82 Å². The summed E-state index contributed by atoms with van der Waals surface area (Å²) in [6, 6.07) is -0.882. The van der Waals surface area contributed by atoms with Crippen molar-refractivity contribution in [3.05, 3.63) is 109 Å². The average Bonchev–Trinajstić information content (AvgIpc) is 3.29. The van der Waals surface area contributed by atoms with E-state index < -0.39 is 20.0 Å². The van der Waals surface area contributed by atoms with Crippen molar-refractivity contribution in [3.63, 3.8) is 0 Å². The molecule has 1 amide bonds. The van der Waals surface area contributed by atoms with Gasteiger partial charge in [0.15, 0.2) is 0 Å². The topological polar surface area (TPSA) is 105 Å². The maximum atomic E-state index is 12.9. The van der Waals surface area contributed by atoms with Crippen LogP contribution < -0.4 is 5.32 Å². The third kappa shape index (κ3) is 50.9. The van der Waals surface area contributed by atoms with Gasteiger partial charge in [-0.05, 0) is 89.9 Å². The maximum Gasteiger partial charge on any atom is 0.472 e. The van der Waals surface area contributed by atoms with Gasteiger partial charge in [0.25, 0.3) is 0 Å². The van der Waals surface area contributed by atoms with Crippen LogP contribution in [0.4, 0.5) is 0 Å². The molecule has 0 saturated heterocycles. The highest BCUT2D eigenvalue weighted by Crippen LogP contribution is 2.43. The van der Waals surface area contributed by atoms with Crippen LogP contribution in [0.15, 0.2) is 109 Å². The van der Waals surface area contributed by atoms with Gasteiger partial charge in [-0.15, -0.1) is 0 Å². The number of phosphoric acid groups is 1. The SMILES string of the molecule is CC/C=C\C/C=C\C/C=C\C/C=C\C/C=C\C/C=C\C/C=C\CCCCCCCC(=O)NC(COP(=O)(O)OCC[N+](C)(C)C)C(O)/C=C/CC/C=C/CCCCCCCCCCCCCC. The highest BCUT2D eigenvalue weighted by molar-refractivity contribution is 7.47. The Hall–Kier alpha value is -2.84. The molecular formula is C58H102N2O6P+. The Morgan fingerprint density at radius 2 is 0.910 bits per heavy atom. The molecule has 8 nitrogen and oxygen atoms in total. The van der Waals surface area contributed by atoms with Crippen LogP contribution in [0.25, 0.3) is 0 Å². The first-order valence-electron chi connectivity index (χ1n) is 26.8. The van der Waals surface area contributed by atoms with Crippen LogP contribution in [0, 0.1) is 0 Å². The Labute approximate surface area is 412 Å². The molecule has 67 heavy (non-hydrogen) atoms. The number of nitrogens with one attached hydrogen (secondary N) is 1. The Kier molecular flexibility index (Phi) is 46.2. The molecule has 3 atom stereocenters. The van der Waals surface area contributed by atoms with Crippen LogP contribution in [0.5, 0.6) is 0 Å². The molecule has 9 heteroatoms. The van der Waals surface area contributed by atoms with Crippen molar-refractivity contribution in [3.8, 4) is 0 Å². The van der Waals surface area contributed by atoms with E-state index in [1.54, 1.807) is 6.08 Å². The van der Waals surface area contributed by atoms with E-state index in [1.807, 2.05) is 27.2 Å². The van der Waals surface area contributed by atoms with Crippen LogP contribution in [-0.2, 0) is 18.4 Å². The largest absolute Gasteiger partial charge is 0.472 e. The van der Waals surface area contributed by atoms with Gasteiger partial charge in [0, 0.05) is 6.42 Å². The van der Waals surface area contributed by atoms with E-state index in [9.17, 15) is 19.4 Å². The molecule has 0 aromatic rings. The molecule has 0 aliphatic rings. The number of hydrogen-bond acceptors (Lipinski definition) is 5. The zero-order valence-electron chi connectivity index (χ0n) is 43.6. The fourth-order valence-electron chi connectivity index (χ4n) is 7.04. The number of carbonyl (C=O) groups is 1. The quantitative estimate of drug-likeness (QED) is 0.0243. The van der Waals surface area contributed by atoms with Crippen LogP contribution in [0.2, 0.25) is 0 Å². The molecule has 0 bridgehead atoms. The first kappa shape index (κ1) is 64.2. The summed E-state index contributed by atoms with van der Waals surface area (Å²) in [7, 11) is 1.52. The number of likely N-dealkylation sites (N-methyl/N-ethyl adjacent to an activating group) is 1. The first-order valence-corrected chi connectivity index (χ1v) is 28.3. The minimum atomic E-state index is -4.37. The van der Waals surface area contributed by atoms with E-state index >= 15 is 0 Å². The average molecular weight is 954 g/mol. The normalized spacial score (nSPS) is 14.9. The number of quaternary nitrogens is 1. The van der Waals surface area contributed by atoms with Gasteiger partial charge in [-0.3, -0.25) is 13.8 Å². The number of carbonyl (C=O) groups excluding carboxylic acids is 1. The molecule has 0 heterocycles. The molecular weight excluding hydrogens is 852 g/mol. The molecule has 384 valence electrons. The number of nitrogens with zero attached hydrogens (tertiary/aromatic N) is 1. The third-order valence-corrected chi connectivity index (χ3v) is 12.2. The van der Waals surface area contributed by atoms with Crippen molar-refractivity contribution in [1.82, 2.24) is 5.32 Å². The molecule has 0 spiro atoms. The van der Waals surface area contributed by atoms with Crippen molar-refractivity contribution < 1.29 is 32.9 Å².